The Kier molecular flexibility index (Phi) is 6.68. The number of rotatable bonds is 6. The first-order valence-corrected chi connectivity index (χ1v) is 4.56. The van der Waals surface area contributed by atoms with E-state index in [2.05, 4.69) is 25.7 Å². The lowest BCUT2D eigenvalue weighted by Gasteiger charge is -2.11. The molecule has 0 aromatic carbocycles. The maximum Gasteiger partial charge on any atom is 0.0463 e. The zero-order chi connectivity index (χ0) is 8.69. The van der Waals surface area contributed by atoms with Crippen molar-refractivity contribution in [2.75, 3.05) is 13.1 Å². The lowest BCUT2D eigenvalue weighted by molar-refractivity contribution is 0.543. The van der Waals surface area contributed by atoms with E-state index in [0.717, 1.165) is 19.5 Å². The third-order valence-electron chi connectivity index (χ3n) is 1.38. The van der Waals surface area contributed by atoms with Gasteiger partial charge in [0.1, 0.15) is 0 Å². The summed E-state index contributed by atoms with van der Waals surface area (Å²) >= 11 is 6.01. The van der Waals surface area contributed by atoms with Crippen molar-refractivity contribution in [3.05, 3.63) is 12.7 Å². The highest BCUT2D eigenvalue weighted by molar-refractivity contribution is 6.20. The van der Waals surface area contributed by atoms with Crippen LogP contribution in [0.4, 0.5) is 0 Å². The van der Waals surface area contributed by atoms with E-state index in [1.165, 1.54) is 0 Å². The third-order valence-corrected chi connectivity index (χ3v) is 1.71. The van der Waals surface area contributed by atoms with Gasteiger partial charge in [-0.3, -0.25) is 0 Å². The largest absolute Gasteiger partial charge is 0.312 e. The van der Waals surface area contributed by atoms with Gasteiger partial charge in [0.2, 0.25) is 0 Å². The number of nitrogens with one attached hydrogen (secondary N) is 1. The van der Waals surface area contributed by atoms with E-state index in [4.69, 9.17) is 11.6 Å². The van der Waals surface area contributed by atoms with Crippen LogP contribution in [-0.4, -0.2) is 18.5 Å². The van der Waals surface area contributed by atoms with Gasteiger partial charge < -0.3 is 5.32 Å². The van der Waals surface area contributed by atoms with E-state index in [0.29, 0.717) is 5.92 Å². The van der Waals surface area contributed by atoms with Crippen LogP contribution in [0.5, 0.6) is 0 Å². The summed E-state index contributed by atoms with van der Waals surface area (Å²) in [6.07, 6.45) is 2.92. The molecular formula is C9H18ClN. The van der Waals surface area contributed by atoms with E-state index in [1.54, 1.807) is 0 Å². The van der Waals surface area contributed by atoms with Crippen molar-refractivity contribution in [2.24, 2.45) is 5.92 Å². The van der Waals surface area contributed by atoms with Crippen LogP contribution in [0, 0.1) is 5.92 Å². The summed E-state index contributed by atoms with van der Waals surface area (Å²) in [4.78, 5) is 0. The first kappa shape index (κ1) is 11.0. The lowest BCUT2D eigenvalue weighted by atomic mass is 10.1. The van der Waals surface area contributed by atoms with Crippen molar-refractivity contribution in [3.63, 3.8) is 0 Å². The molecular weight excluding hydrogens is 158 g/mol. The molecule has 0 heterocycles. The molecule has 0 aliphatic carbocycles. The highest BCUT2D eigenvalue weighted by Crippen LogP contribution is 2.08. The Morgan fingerprint density at radius 1 is 1.55 bits per heavy atom. The SMILES string of the molecule is C=CCNCC(Cl)CC(C)C. The highest BCUT2D eigenvalue weighted by Gasteiger charge is 2.05. The standard InChI is InChI=1S/C9H18ClN/c1-4-5-11-7-9(10)6-8(2)3/h4,8-9,11H,1,5-7H2,2-3H3. The van der Waals surface area contributed by atoms with Gasteiger partial charge in [0.05, 0.1) is 0 Å². The summed E-state index contributed by atoms with van der Waals surface area (Å²) in [6.45, 7) is 9.71. The van der Waals surface area contributed by atoms with Gasteiger partial charge in [-0.2, -0.15) is 0 Å². The lowest BCUT2D eigenvalue weighted by Crippen LogP contribution is -2.24. The minimum absolute atomic E-state index is 0.259. The molecule has 0 aliphatic rings. The van der Waals surface area contributed by atoms with E-state index >= 15 is 0 Å². The average molecular weight is 176 g/mol. The molecule has 0 saturated carbocycles. The number of hydrogen-bond acceptors (Lipinski definition) is 1. The van der Waals surface area contributed by atoms with Crippen molar-refractivity contribution in [3.8, 4) is 0 Å². The Labute approximate surface area is 74.8 Å². The molecule has 0 fully saturated rings. The maximum atomic E-state index is 6.01. The summed E-state index contributed by atoms with van der Waals surface area (Å²) in [5, 5.41) is 3.45. The van der Waals surface area contributed by atoms with Crippen molar-refractivity contribution >= 4 is 11.6 Å². The first-order valence-electron chi connectivity index (χ1n) is 4.12. The summed E-state index contributed by atoms with van der Waals surface area (Å²) in [5.74, 6) is 0.683. The molecule has 11 heavy (non-hydrogen) atoms. The van der Waals surface area contributed by atoms with Crippen LogP contribution in [-0.2, 0) is 0 Å². The zero-order valence-electron chi connectivity index (χ0n) is 7.44. The molecule has 0 aromatic rings. The molecule has 2 heteroatoms. The van der Waals surface area contributed by atoms with Crippen LogP contribution in [0.2, 0.25) is 0 Å². The fraction of sp³-hybridized carbons (Fsp3) is 0.778. The van der Waals surface area contributed by atoms with Crippen LogP contribution in [0.3, 0.4) is 0 Å². The normalized spacial score (nSPS) is 13.5. The van der Waals surface area contributed by atoms with Crippen molar-refractivity contribution in [1.82, 2.24) is 5.32 Å². The van der Waals surface area contributed by atoms with E-state index in [9.17, 15) is 0 Å². The van der Waals surface area contributed by atoms with Crippen LogP contribution in [0.1, 0.15) is 20.3 Å². The average Bonchev–Trinajstić information content (AvgIpc) is 1.86. The quantitative estimate of drug-likeness (QED) is 0.372. The monoisotopic (exact) mass is 175 g/mol. The molecule has 0 spiro atoms. The summed E-state index contributed by atoms with van der Waals surface area (Å²) in [6, 6.07) is 0. The molecule has 1 nitrogen and oxygen atoms in total. The summed E-state index contributed by atoms with van der Waals surface area (Å²) in [7, 11) is 0. The molecule has 1 N–H and O–H groups in total. The fourth-order valence-electron chi connectivity index (χ4n) is 0.937. The number of halogens is 1. The molecule has 0 aromatic heterocycles. The molecule has 0 radical (unpaired) electrons. The fourth-order valence-corrected chi connectivity index (χ4v) is 1.40. The second-order valence-electron chi connectivity index (χ2n) is 3.17. The Hall–Kier alpha value is -0.0100. The Balaban J connectivity index is 3.21. The Morgan fingerprint density at radius 3 is 2.64 bits per heavy atom. The minimum atomic E-state index is 0.259. The van der Waals surface area contributed by atoms with Gasteiger partial charge in [0.25, 0.3) is 0 Å². The predicted molar refractivity (Wildman–Crippen MR) is 52.2 cm³/mol. The number of alkyl halides is 1. The number of hydrogen-bond donors (Lipinski definition) is 1. The van der Waals surface area contributed by atoms with E-state index < -0.39 is 0 Å². The van der Waals surface area contributed by atoms with Crippen LogP contribution in [0.15, 0.2) is 12.7 Å². The van der Waals surface area contributed by atoms with E-state index in [-0.39, 0.29) is 5.38 Å². The molecule has 0 aliphatic heterocycles. The molecule has 0 bridgehead atoms. The highest BCUT2D eigenvalue weighted by atomic mass is 35.5. The molecule has 0 rings (SSSR count). The Morgan fingerprint density at radius 2 is 2.18 bits per heavy atom. The third kappa shape index (κ3) is 7.89. The van der Waals surface area contributed by atoms with Gasteiger partial charge in [-0.1, -0.05) is 19.9 Å². The van der Waals surface area contributed by atoms with Crippen molar-refractivity contribution < 1.29 is 0 Å². The Bertz CT molecular complexity index is 102. The smallest absolute Gasteiger partial charge is 0.0463 e. The van der Waals surface area contributed by atoms with Crippen LogP contribution in [0.25, 0.3) is 0 Å². The van der Waals surface area contributed by atoms with Crippen LogP contribution >= 0.6 is 11.6 Å². The van der Waals surface area contributed by atoms with Gasteiger partial charge in [-0.25, -0.2) is 0 Å². The van der Waals surface area contributed by atoms with E-state index in [1.807, 2.05) is 6.08 Å². The van der Waals surface area contributed by atoms with Gasteiger partial charge in [-0.05, 0) is 12.3 Å². The predicted octanol–water partition coefficient (Wildman–Crippen LogP) is 2.42. The minimum Gasteiger partial charge on any atom is -0.312 e. The second-order valence-corrected chi connectivity index (χ2v) is 3.79. The van der Waals surface area contributed by atoms with Gasteiger partial charge in [0.15, 0.2) is 0 Å². The topological polar surface area (TPSA) is 12.0 Å². The molecule has 66 valence electrons. The summed E-state index contributed by atoms with van der Waals surface area (Å²) in [5.41, 5.74) is 0. The second kappa shape index (κ2) is 6.68. The van der Waals surface area contributed by atoms with Crippen LogP contribution < -0.4 is 5.32 Å². The van der Waals surface area contributed by atoms with Gasteiger partial charge in [0, 0.05) is 18.5 Å². The van der Waals surface area contributed by atoms with Crippen molar-refractivity contribution in [1.29, 1.82) is 0 Å². The molecule has 0 saturated heterocycles. The first-order chi connectivity index (χ1) is 5.16. The van der Waals surface area contributed by atoms with Gasteiger partial charge >= 0.3 is 0 Å². The summed E-state index contributed by atoms with van der Waals surface area (Å²) < 4.78 is 0. The van der Waals surface area contributed by atoms with Gasteiger partial charge in [-0.15, -0.1) is 18.2 Å². The van der Waals surface area contributed by atoms with Crippen molar-refractivity contribution in [2.45, 2.75) is 25.6 Å². The molecule has 1 atom stereocenters. The molecule has 1 unspecified atom stereocenters. The zero-order valence-corrected chi connectivity index (χ0v) is 8.19. The maximum absolute atomic E-state index is 6.01. The molecule has 0 amide bonds.